The third-order valence-electron chi connectivity index (χ3n) is 6.15. The molecular formula is C27H24F3N7O3. The number of para-hydroxylation sites is 1. The van der Waals surface area contributed by atoms with Gasteiger partial charge in [-0.2, -0.15) is 0 Å². The number of carbonyl (C=O) groups excluding carboxylic acids is 2. The van der Waals surface area contributed by atoms with Gasteiger partial charge in [0.2, 0.25) is 5.91 Å². The van der Waals surface area contributed by atoms with Gasteiger partial charge in [0.1, 0.15) is 12.1 Å². The second-order valence-electron chi connectivity index (χ2n) is 9.02. The molecule has 1 aliphatic rings. The second kappa shape index (κ2) is 10.7. The standard InChI is InChI=1S/C27H24F3N7O3/c1-16-4-3-5-17(2)23(16)37-22(38)14-31-25(37)34-26(39)33-19-8-6-18(7-9-19)24-32-15-36(35-24)20-10-12-21(13-11-20)40-27(28,29)30/h3-13,15,25,31H,14H2,1-2H3,(H2,33,34,39). The van der Waals surface area contributed by atoms with Gasteiger partial charge in [0.25, 0.3) is 0 Å². The number of aryl methyl sites for hydroxylation is 2. The molecule has 1 aliphatic heterocycles. The number of carbonyl (C=O) groups is 2. The average Bonchev–Trinajstić information content (AvgIpc) is 3.52. The van der Waals surface area contributed by atoms with Crippen LogP contribution in [0.15, 0.2) is 73.1 Å². The highest BCUT2D eigenvalue weighted by Crippen LogP contribution is 2.28. The van der Waals surface area contributed by atoms with E-state index in [1.807, 2.05) is 32.0 Å². The summed E-state index contributed by atoms with van der Waals surface area (Å²) in [6.07, 6.45) is -4.04. The Hall–Kier alpha value is -4.91. The molecule has 3 aromatic carbocycles. The van der Waals surface area contributed by atoms with E-state index in [4.69, 9.17) is 0 Å². The van der Waals surface area contributed by atoms with Crippen molar-refractivity contribution in [2.45, 2.75) is 26.5 Å². The lowest BCUT2D eigenvalue weighted by molar-refractivity contribution is -0.274. The maximum Gasteiger partial charge on any atom is 0.573 e. The molecule has 0 bridgehead atoms. The van der Waals surface area contributed by atoms with Gasteiger partial charge in [-0.15, -0.1) is 18.3 Å². The molecule has 1 unspecified atom stereocenters. The molecule has 4 aromatic rings. The minimum atomic E-state index is -4.77. The Morgan fingerprint density at radius 2 is 1.70 bits per heavy atom. The summed E-state index contributed by atoms with van der Waals surface area (Å²) in [4.78, 5) is 31.1. The smallest absolute Gasteiger partial charge is 0.406 e. The van der Waals surface area contributed by atoms with Crippen LogP contribution in [0.25, 0.3) is 17.1 Å². The molecule has 1 atom stereocenters. The Bertz CT molecular complexity index is 1520. The summed E-state index contributed by atoms with van der Waals surface area (Å²) in [5.74, 6) is -0.105. The summed E-state index contributed by atoms with van der Waals surface area (Å²) in [6.45, 7) is 3.92. The first kappa shape index (κ1) is 26.7. The lowest BCUT2D eigenvalue weighted by Crippen LogP contribution is -2.52. The number of nitrogens with zero attached hydrogens (tertiary/aromatic N) is 4. The van der Waals surface area contributed by atoms with Crippen LogP contribution < -0.4 is 25.6 Å². The van der Waals surface area contributed by atoms with Crippen molar-refractivity contribution in [1.82, 2.24) is 25.4 Å². The number of halogens is 3. The zero-order chi connectivity index (χ0) is 28.4. The van der Waals surface area contributed by atoms with Gasteiger partial charge >= 0.3 is 12.4 Å². The molecule has 2 heterocycles. The molecular weight excluding hydrogens is 527 g/mol. The van der Waals surface area contributed by atoms with Crippen molar-refractivity contribution < 1.29 is 27.5 Å². The van der Waals surface area contributed by atoms with Gasteiger partial charge in [0.15, 0.2) is 12.1 Å². The molecule has 5 rings (SSSR count). The number of anilines is 2. The maximum atomic E-state index is 12.7. The van der Waals surface area contributed by atoms with Crippen LogP contribution in [0, 0.1) is 13.8 Å². The van der Waals surface area contributed by atoms with Gasteiger partial charge in [-0.25, -0.2) is 14.5 Å². The highest BCUT2D eigenvalue weighted by Gasteiger charge is 2.34. The van der Waals surface area contributed by atoms with E-state index in [0.717, 1.165) is 16.8 Å². The van der Waals surface area contributed by atoms with Gasteiger partial charge in [-0.1, -0.05) is 18.2 Å². The van der Waals surface area contributed by atoms with E-state index in [-0.39, 0.29) is 18.2 Å². The lowest BCUT2D eigenvalue weighted by Gasteiger charge is -2.28. The van der Waals surface area contributed by atoms with Crippen molar-refractivity contribution in [3.8, 4) is 22.8 Å². The fourth-order valence-electron chi connectivity index (χ4n) is 4.37. The molecule has 0 saturated carbocycles. The molecule has 1 aromatic heterocycles. The maximum absolute atomic E-state index is 12.7. The minimum absolute atomic E-state index is 0.0958. The minimum Gasteiger partial charge on any atom is -0.406 e. The number of hydrogen-bond donors (Lipinski definition) is 3. The Morgan fingerprint density at radius 1 is 1.02 bits per heavy atom. The Labute approximate surface area is 226 Å². The zero-order valence-electron chi connectivity index (χ0n) is 21.4. The average molecular weight is 552 g/mol. The molecule has 3 N–H and O–H groups in total. The highest BCUT2D eigenvalue weighted by molar-refractivity contribution is 6.00. The molecule has 1 fully saturated rings. The number of amides is 3. The molecule has 0 radical (unpaired) electrons. The molecule has 0 aliphatic carbocycles. The first-order chi connectivity index (χ1) is 19.1. The van der Waals surface area contributed by atoms with Crippen molar-refractivity contribution in [2.75, 3.05) is 16.8 Å². The summed E-state index contributed by atoms with van der Waals surface area (Å²) in [5, 5.41) is 12.9. The number of aromatic nitrogens is 3. The summed E-state index contributed by atoms with van der Waals surface area (Å²) in [6, 6.07) is 17.3. The SMILES string of the molecule is Cc1cccc(C)c1N1C(=O)CNC1NC(=O)Nc1ccc(-c2ncn(-c3ccc(OC(F)(F)F)cc3)n2)cc1. The molecule has 10 nitrogen and oxygen atoms in total. The number of hydrogen-bond acceptors (Lipinski definition) is 6. The molecule has 0 spiro atoms. The summed E-state index contributed by atoms with van der Waals surface area (Å²) in [5.41, 5.74) is 4.25. The van der Waals surface area contributed by atoms with Crippen molar-refractivity contribution in [3.63, 3.8) is 0 Å². The molecule has 206 valence electrons. The van der Waals surface area contributed by atoms with E-state index < -0.39 is 18.7 Å². The first-order valence-electron chi connectivity index (χ1n) is 12.1. The monoisotopic (exact) mass is 551 g/mol. The van der Waals surface area contributed by atoms with Crippen LogP contribution in [0.1, 0.15) is 11.1 Å². The van der Waals surface area contributed by atoms with Gasteiger partial charge in [0.05, 0.1) is 17.9 Å². The number of ether oxygens (including phenoxy) is 1. The quantitative estimate of drug-likeness (QED) is 0.326. The van der Waals surface area contributed by atoms with Crippen LogP contribution in [-0.4, -0.2) is 45.9 Å². The van der Waals surface area contributed by atoms with E-state index >= 15 is 0 Å². The van der Waals surface area contributed by atoms with Crippen LogP contribution in [-0.2, 0) is 4.79 Å². The normalized spacial score (nSPS) is 15.3. The molecule has 13 heteroatoms. The predicted octanol–water partition coefficient (Wildman–Crippen LogP) is 4.49. The lowest BCUT2D eigenvalue weighted by atomic mass is 10.1. The van der Waals surface area contributed by atoms with Crippen LogP contribution in [0.4, 0.5) is 29.3 Å². The largest absolute Gasteiger partial charge is 0.573 e. The summed E-state index contributed by atoms with van der Waals surface area (Å²) in [7, 11) is 0. The van der Waals surface area contributed by atoms with Gasteiger partial charge in [-0.3, -0.25) is 15.0 Å². The summed E-state index contributed by atoms with van der Waals surface area (Å²) >= 11 is 0. The Morgan fingerprint density at radius 3 is 2.35 bits per heavy atom. The van der Waals surface area contributed by atoms with Crippen molar-refractivity contribution in [2.24, 2.45) is 0 Å². The van der Waals surface area contributed by atoms with E-state index in [1.54, 1.807) is 29.2 Å². The van der Waals surface area contributed by atoms with Gasteiger partial charge < -0.3 is 15.4 Å². The van der Waals surface area contributed by atoms with Crippen molar-refractivity contribution in [1.29, 1.82) is 0 Å². The van der Waals surface area contributed by atoms with Crippen molar-refractivity contribution in [3.05, 3.63) is 84.2 Å². The highest BCUT2D eigenvalue weighted by atomic mass is 19.4. The van der Waals surface area contributed by atoms with Crippen LogP contribution in [0.2, 0.25) is 0 Å². The third kappa shape index (κ3) is 5.89. The second-order valence-corrected chi connectivity index (χ2v) is 9.02. The van der Waals surface area contributed by atoms with E-state index in [9.17, 15) is 22.8 Å². The fraction of sp³-hybridized carbons (Fsp3) is 0.185. The number of nitrogens with one attached hydrogen (secondary N) is 3. The predicted molar refractivity (Wildman–Crippen MR) is 141 cm³/mol. The number of benzene rings is 3. The molecule has 1 saturated heterocycles. The molecule has 3 amide bonds. The third-order valence-corrected chi connectivity index (χ3v) is 6.15. The van der Waals surface area contributed by atoms with E-state index in [0.29, 0.717) is 22.8 Å². The van der Waals surface area contributed by atoms with E-state index in [1.165, 1.54) is 35.3 Å². The summed E-state index contributed by atoms with van der Waals surface area (Å²) < 4.78 is 42.4. The Kier molecular flexibility index (Phi) is 7.13. The van der Waals surface area contributed by atoms with E-state index in [2.05, 4.69) is 30.8 Å². The van der Waals surface area contributed by atoms with Gasteiger partial charge in [-0.05, 0) is 73.5 Å². The first-order valence-corrected chi connectivity index (χ1v) is 12.1. The van der Waals surface area contributed by atoms with Crippen LogP contribution >= 0.6 is 0 Å². The fourth-order valence-corrected chi connectivity index (χ4v) is 4.37. The van der Waals surface area contributed by atoms with Crippen molar-refractivity contribution >= 4 is 23.3 Å². The van der Waals surface area contributed by atoms with Crippen LogP contribution in [0.5, 0.6) is 5.75 Å². The Balaban J connectivity index is 1.22. The number of rotatable bonds is 6. The topological polar surface area (TPSA) is 113 Å². The number of alkyl halides is 3. The van der Waals surface area contributed by atoms with Crippen LogP contribution in [0.3, 0.4) is 0 Å². The van der Waals surface area contributed by atoms with Gasteiger partial charge in [0, 0.05) is 11.3 Å². The zero-order valence-corrected chi connectivity index (χ0v) is 21.4. The molecule has 40 heavy (non-hydrogen) atoms. The number of urea groups is 1.